The number of ether oxygens (including phenoxy) is 1. The molecule has 0 spiro atoms. The molecule has 2 N–H and O–H groups in total. The maximum absolute atomic E-state index is 11.6. The Bertz CT molecular complexity index is 431. The maximum atomic E-state index is 11.6. The van der Waals surface area contributed by atoms with E-state index in [-0.39, 0.29) is 19.1 Å². The number of nitrogens with zero attached hydrogens (tertiary/aromatic N) is 2. The zero-order chi connectivity index (χ0) is 14.3. The van der Waals surface area contributed by atoms with Gasteiger partial charge in [0.1, 0.15) is 12.4 Å². The number of anilines is 1. The first-order chi connectivity index (χ1) is 9.00. The predicted octanol–water partition coefficient (Wildman–Crippen LogP) is 0.296. The van der Waals surface area contributed by atoms with Crippen LogP contribution in [0.15, 0.2) is 18.3 Å². The van der Waals surface area contributed by atoms with Gasteiger partial charge in [-0.15, -0.1) is 0 Å². The fourth-order valence-electron chi connectivity index (χ4n) is 1.29. The summed E-state index contributed by atoms with van der Waals surface area (Å²) in [5.41, 5.74) is 0.512. The molecular formula is C12H17N3O4. The predicted molar refractivity (Wildman–Crippen MR) is 69.2 cm³/mol. The minimum atomic E-state index is -0.996. The molecule has 0 bridgehead atoms. The van der Waals surface area contributed by atoms with E-state index in [1.807, 2.05) is 0 Å². The van der Waals surface area contributed by atoms with Crippen molar-refractivity contribution in [2.75, 3.05) is 39.2 Å². The Morgan fingerprint density at radius 1 is 1.42 bits per heavy atom. The van der Waals surface area contributed by atoms with Crippen LogP contribution in [-0.2, 0) is 9.53 Å². The van der Waals surface area contributed by atoms with Crippen LogP contribution in [0.1, 0.15) is 10.4 Å². The third-order valence-corrected chi connectivity index (χ3v) is 2.19. The normalized spacial score (nSPS) is 10.0. The fourth-order valence-corrected chi connectivity index (χ4v) is 1.29. The molecule has 0 aromatic carbocycles. The summed E-state index contributed by atoms with van der Waals surface area (Å²) in [5, 5.41) is 11.3. The molecular weight excluding hydrogens is 250 g/mol. The van der Waals surface area contributed by atoms with Crippen molar-refractivity contribution >= 4 is 17.7 Å². The Morgan fingerprint density at radius 2 is 2.16 bits per heavy atom. The lowest BCUT2D eigenvalue weighted by molar-refractivity contribution is -0.142. The van der Waals surface area contributed by atoms with E-state index >= 15 is 0 Å². The van der Waals surface area contributed by atoms with E-state index in [1.165, 1.54) is 11.1 Å². The molecule has 104 valence electrons. The van der Waals surface area contributed by atoms with Gasteiger partial charge >= 0.3 is 5.97 Å². The zero-order valence-corrected chi connectivity index (χ0v) is 10.9. The van der Waals surface area contributed by atoms with Crippen molar-refractivity contribution in [2.45, 2.75) is 0 Å². The number of nitrogens with one attached hydrogen (secondary N) is 1. The lowest BCUT2D eigenvalue weighted by Gasteiger charge is -2.10. The van der Waals surface area contributed by atoms with Crippen molar-refractivity contribution in [1.82, 2.24) is 9.88 Å². The third-order valence-electron chi connectivity index (χ3n) is 2.19. The van der Waals surface area contributed by atoms with E-state index in [9.17, 15) is 9.59 Å². The van der Waals surface area contributed by atoms with Gasteiger partial charge in [0.15, 0.2) is 0 Å². The van der Waals surface area contributed by atoms with Gasteiger partial charge in [-0.1, -0.05) is 0 Å². The molecule has 0 saturated carbocycles. The summed E-state index contributed by atoms with van der Waals surface area (Å²) >= 11 is 0. The maximum Gasteiger partial charge on any atom is 0.329 e. The molecule has 1 heterocycles. The number of rotatable bonds is 7. The van der Waals surface area contributed by atoms with Crippen LogP contribution in [0.3, 0.4) is 0 Å². The number of carboxylic acids is 1. The average Bonchev–Trinajstić information content (AvgIpc) is 2.37. The van der Waals surface area contributed by atoms with Gasteiger partial charge in [0.2, 0.25) is 0 Å². The van der Waals surface area contributed by atoms with Gasteiger partial charge in [-0.3, -0.25) is 4.79 Å². The molecule has 7 nitrogen and oxygen atoms in total. The number of hydrogen-bond acceptors (Lipinski definition) is 5. The van der Waals surface area contributed by atoms with E-state index in [4.69, 9.17) is 9.84 Å². The molecule has 0 unspecified atom stereocenters. The van der Waals surface area contributed by atoms with Gasteiger partial charge in [0, 0.05) is 26.8 Å². The molecule has 19 heavy (non-hydrogen) atoms. The second kappa shape index (κ2) is 7.32. The average molecular weight is 267 g/mol. The first kappa shape index (κ1) is 14.9. The highest BCUT2D eigenvalue weighted by atomic mass is 16.5. The van der Waals surface area contributed by atoms with Crippen molar-refractivity contribution < 1.29 is 19.4 Å². The quantitative estimate of drug-likeness (QED) is 0.690. The highest BCUT2D eigenvalue weighted by molar-refractivity contribution is 5.93. The highest BCUT2D eigenvalue weighted by Gasteiger charge is 2.07. The van der Waals surface area contributed by atoms with Crippen LogP contribution < -0.4 is 5.32 Å². The van der Waals surface area contributed by atoms with Crippen LogP contribution in [0.25, 0.3) is 0 Å². The van der Waals surface area contributed by atoms with Crippen LogP contribution in [0.5, 0.6) is 0 Å². The van der Waals surface area contributed by atoms with E-state index in [0.717, 1.165) is 0 Å². The molecule has 0 aliphatic carbocycles. The highest BCUT2D eigenvalue weighted by Crippen LogP contribution is 2.06. The van der Waals surface area contributed by atoms with Crippen LogP contribution in [-0.4, -0.2) is 60.7 Å². The van der Waals surface area contributed by atoms with Crippen molar-refractivity contribution in [3.05, 3.63) is 23.9 Å². The molecule has 1 amide bonds. The van der Waals surface area contributed by atoms with Crippen LogP contribution >= 0.6 is 0 Å². The lowest BCUT2D eigenvalue weighted by Crippen LogP contribution is -2.21. The summed E-state index contributed by atoms with van der Waals surface area (Å²) in [5.74, 6) is -0.497. The number of aromatic nitrogens is 1. The molecule has 0 aliphatic heterocycles. The summed E-state index contributed by atoms with van der Waals surface area (Å²) in [6.45, 7) is 0.402. The molecule has 1 rings (SSSR count). The second-order valence-corrected chi connectivity index (χ2v) is 4.00. The molecule has 0 atom stereocenters. The van der Waals surface area contributed by atoms with Crippen molar-refractivity contribution in [3.8, 4) is 0 Å². The van der Waals surface area contributed by atoms with Gasteiger partial charge in [-0.2, -0.15) is 0 Å². The second-order valence-electron chi connectivity index (χ2n) is 4.00. The molecule has 1 aromatic heterocycles. The Hall–Kier alpha value is -2.15. The standard InChI is InChI=1S/C12H17N3O4/c1-15(2)12(18)9-3-4-10(14-7-9)13-5-6-19-8-11(16)17/h3-4,7H,5-6,8H2,1-2H3,(H,13,14)(H,16,17). The minimum Gasteiger partial charge on any atom is -0.480 e. The number of pyridine rings is 1. The van der Waals surface area contributed by atoms with Crippen molar-refractivity contribution in [3.63, 3.8) is 0 Å². The Labute approximate surface area is 111 Å². The smallest absolute Gasteiger partial charge is 0.329 e. The first-order valence-corrected chi connectivity index (χ1v) is 5.72. The zero-order valence-electron chi connectivity index (χ0n) is 10.9. The molecule has 0 saturated heterocycles. The Balaban J connectivity index is 2.36. The molecule has 0 aliphatic rings. The molecule has 1 aromatic rings. The van der Waals surface area contributed by atoms with Gasteiger partial charge in [0.05, 0.1) is 12.2 Å². The van der Waals surface area contributed by atoms with Gasteiger partial charge in [-0.05, 0) is 12.1 Å². The third kappa shape index (κ3) is 5.35. The topological polar surface area (TPSA) is 91.8 Å². The van der Waals surface area contributed by atoms with Gasteiger partial charge in [-0.25, -0.2) is 9.78 Å². The molecule has 0 radical (unpaired) electrons. The lowest BCUT2D eigenvalue weighted by atomic mass is 10.2. The fraction of sp³-hybridized carbons (Fsp3) is 0.417. The number of carboxylic acid groups (broad SMARTS) is 1. The van der Waals surface area contributed by atoms with E-state index < -0.39 is 5.97 Å². The summed E-state index contributed by atoms with van der Waals surface area (Å²) in [6.07, 6.45) is 1.49. The van der Waals surface area contributed by atoms with Crippen LogP contribution in [0, 0.1) is 0 Å². The number of hydrogen-bond donors (Lipinski definition) is 2. The van der Waals surface area contributed by atoms with Crippen molar-refractivity contribution in [1.29, 1.82) is 0 Å². The van der Waals surface area contributed by atoms with E-state index in [1.54, 1.807) is 26.2 Å². The van der Waals surface area contributed by atoms with E-state index in [2.05, 4.69) is 10.3 Å². The van der Waals surface area contributed by atoms with Gasteiger partial charge in [0.25, 0.3) is 5.91 Å². The number of amides is 1. The van der Waals surface area contributed by atoms with E-state index in [0.29, 0.717) is 17.9 Å². The minimum absolute atomic E-state index is 0.108. The van der Waals surface area contributed by atoms with Crippen molar-refractivity contribution in [2.24, 2.45) is 0 Å². The number of carbonyl (C=O) groups excluding carboxylic acids is 1. The monoisotopic (exact) mass is 267 g/mol. The van der Waals surface area contributed by atoms with Gasteiger partial charge < -0.3 is 20.1 Å². The first-order valence-electron chi connectivity index (χ1n) is 5.72. The summed E-state index contributed by atoms with van der Waals surface area (Å²) < 4.78 is 4.86. The largest absolute Gasteiger partial charge is 0.480 e. The summed E-state index contributed by atoms with van der Waals surface area (Å²) in [6, 6.07) is 3.36. The summed E-state index contributed by atoms with van der Waals surface area (Å²) in [7, 11) is 3.35. The number of carbonyl (C=O) groups is 2. The van der Waals surface area contributed by atoms with Crippen LogP contribution in [0.4, 0.5) is 5.82 Å². The number of aliphatic carboxylic acids is 1. The summed E-state index contributed by atoms with van der Waals surface area (Å²) in [4.78, 5) is 27.4. The Morgan fingerprint density at radius 3 is 2.68 bits per heavy atom. The molecule has 0 fully saturated rings. The Kier molecular flexibility index (Phi) is 5.74. The SMILES string of the molecule is CN(C)C(=O)c1ccc(NCCOCC(=O)O)nc1. The van der Waals surface area contributed by atoms with Crippen LogP contribution in [0.2, 0.25) is 0 Å². The molecule has 7 heteroatoms.